The molecule has 1 atom stereocenters. The highest BCUT2D eigenvalue weighted by Crippen LogP contribution is 2.21. The summed E-state index contributed by atoms with van der Waals surface area (Å²) in [5, 5.41) is 2.93. The number of anilines is 1. The van der Waals surface area contributed by atoms with Gasteiger partial charge in [0.1, 0.15) is 11.6 Å². The average molecular weight is 454 g/mol. The number of aryl methyl sites for hydroxylation is 3. The maximum absolute atomic E-state index is 12.8. The van der Waals surface area contributed by atoms with Crippen molar-refractivity contribution in [1.29, 1.82) is 0 Å². The van der Waals surface area contributed by atoms with E-state index in [0.29, 0.717) is 42.4 Å². The molecule has 0 aromatic carbocycles. The predicted molar refractivity (Wildman–Crippen MR) is 126 cm³/mol. The van der Waals surface area contributed by atoms with Gasteiger partial charge in [0.25, 0.3) is 5.56 Å². The molecule has 33 heavy (non-hydrogen) atoms. The lowest BCUT2D eigenvalue weighted by Crippen LogP contribution is -2.40. The van der Waals surface area contributed by atoms with Gasteiger partial charge in [0.05, 0.1) is 12.5 Å². The summed E-state index contributed by atoms with van der Waals surface area (Å²) in [6.07, 6.45) is 3.46. The number of imidazole rings is 1. The first-order chi connectivity index (χ1) is 15.9. The van der Waals surface area contributed by atoms with Crippen LogP contribution in [-0.4, -0.2) is 48.0 Å². The highest BCUT2D eigenvalue weighted by Gasteiger charge is 2.27. The summed E-state index contributed by atoms with van der Waals surface area (Å²) < 4.78 is 3.31. The van der Waals surface area contributed by atoms with Crippen molar-refractivity contribution in [2.75, 3.05) is 18.4 Å². The van der Waals surface area contributed by atoms with Crippen molar-refractivity contribution in [2.24, 2.45) is 13.0 Å². The lowest BCUT2D eigenvalue weighted by Gasteiger charge is -2.31. The fourth-order valence-electron chi connectivity index (χ4n) is 4.41. The van der Waals surface area contributed by atoms with Crippen LogP contribution in [-0.2, 0) is 24.9 Å². The second kappa shape index (κ2) is 9.70. The van der Waals surface area contributed by atoms with Crippen LogP contribution in [0.4, 0.5) is 5.82 Å². The van der Waals surface area contributed by atoms with Crippen LogP contribution in [0.25, 0.3) is 11.2 Å². The summed E-state index contributed by atoms with van der Waals surface area (Å²) in [6, 6.07) is 5.56. The molecule has 3 aromatic heterocycles. The Balaban J connectivity index is 1.52. The van der Waals surface area contributed by atoms with E-state index in [-0.39, 0.29) is 11.8 Å². The van der Waals surface area contributed by atoms with Gasteiger partial charge in [-0.15, -0.1) is 0 Å². The number of rotatable bonds is 7. The van der Waals surface area contributed by atoms with Crippen LogP contribution in [0, 0.1) is 12.8 Å². The zero-order valence-electron chi connectivity index (χ0n) is 19.4. The fourth-order valence-corrected chi connectivity index (χ4v) is 4.41. The lowest BCUT2D eigenvalue weighted by atomic mass is 9.97. The Morgan fingerprint density at radius 1 is 1.27 bits per heavy atom. The number of fused-ring (bicyclic) bond motifs is 1. The van der Waals surface area contributed by atoms with E-state index < -0.39 is 11.2 Å². The highest BCUT2D eigenvalue weighted by atomic mass is 16.2. The van der Waals surface area contributed by atoms with Crippen molar-refractivity contribution in [3.8, 4) is 0 Å². The Kier molecular flexibility index (Phi) is 6.73. The molecule has 176 valence electrons. The first kappa shape index (κ1) is 22.9. The van der Waals surface area contributed by atoms with E-state index in [9.17, 15) is 14.4 Å². The van der Waals surface area contributed by atoms with Gasteiger partial charge in [-0.25, -0.2) is 14.8 Å². The number of piperidine rings is 1. The number of H-pyrrole nitrogens is 1. The van der Waals surface area contributed by atoms with Gasteiger partial charge >= 0.3 is 5.69 Å². The minimum Gasteiger partial charge on any atom is -0.324 e. The molecule has 1 amide bonds. The molecule has 0 spiro atoms. The highest BCUT2D eigenvalue weighted by molar-refractivity contribution is 5.91. The average Bonchev–Trinajstić information content (AvgIpc) is 3.10. The van der Waals surface area contributed by atoms with Crippen LogP contribution in [0.1, 0.15) is 44.1 Å². The topological polar surface area (TPSA) is 118 Å². The van der Waals surface area contributed by atoms with Crippen LogP contribution < -0.4 is 16.6 Å². The van der Waals surface area contributed by atoms with Gasteiger partial charge in [0.15, 0.2) is 11.2 Å². The maximum atomic E-state index is 12.8. The summed E-state index contributed by atoms with van der Waals surface area (Å²) in [7, 11) is 1.80. The van der Waals surface area contributed by atoms with Crippen molar-refractivity contribution in [1.82, 2.24) is 29.0 Å². The number of hydrogen-bond donors (Lipinski definition) is 2. The Morgan fingerprint density at radius 3 is 2.85 bits per heavy atom. The minimum atomic E-state index is -0.426. The second-order valence-corrected chi connectivity index (χ2v) is 8.75. The zero-order chi connectivity index (χ0) is 23.5. The number of nitrogens with zero attached hydrogens (tertiary/aromatic N) is 5. The van der Waals surface area contributed by atoms with E-state index in [1.165, 1.54) is 0 Å². The normalized spacial score (nSPS) is 16.9. The zero-order valence-corrected chi connectivity index (χ0v) is 19.4. The molecule has 10 nitrogen and oxygen atoms in total. The van der Waals surface area contributed by atoms with Gasteiger partial charge in [-0.05, 0) is 44.9 Å². The van der Waals surface area contributed by atoms with E-state index >= 15 is 0 Å². The van der Waals surface area contributed by atoms with Gasteiger partial charge in [0, 0.05) is 25.8 Å². The predicted octanol–water partition coefficient (Wildman–Crippen LogP) is 1.78. The summed E-state index contributed by atoms with van der Waals surface area (Å²) >= 11 is 0. The molecule has 10 heteroatoms. The van der Waals surface area contributed by atoms with E-state index in [2.05, 4.69) is 32.1 Å². The lowest BCUT2D eigenvalue weighted by molar-refractivity contribution is -0.121. The molecule has 1 fully saturated rings. The van der Waals surface area contributed by atoms with E-state index in [4.69, 9.17) is 0 Å². The maximum Gasteiger partial charge on any atom is 0.330 e. The summed E-state index contributed by atoms with van der Waals surface area (Å²) in [5.74, 6) is 1.08. The molecule has 4 heterocycles. The molecule has 2 N–H and O–H groups in total. The van der Waals surface area contributed by atoms with Crippen molar-refractivity contribution in [3.63, 3.8) is 0 Å². The molecular weight excluding hydrogens is 422 g/mol. The fraction of sp³-hybridized carbons (Fsp3) is 0.522. The van der Waals surface area contributed by atoms with Crippen molar-refractivity contribution < 1.29 is 4.79 Å². The molecule has 1 aliphatic rings. The molecule has 4 rings (SSSR count). The molecule has 3 aromatic rings. The molecule has 1 unspecified atom stereocenters. The molecule has 1 saturated heterocycles. The van der Waals surface area contributed by atoms with Crippen molar-refractivity contribution in [3.05, 3.63) is 50.6 Å². The van der Waals surface area contributed by atoms with E-state index in [0.717, 1.165) is 37.9 Å². The van der Waals surface area contributed by atoms with Gasteiger partial charge < -0.3 is 9.88 Å². The third-order valence-electron chi connectivity index (χ3n) is 6.22. The minimum absolute atomic E-state index is 0.0346. The quantitative estimate of drug-likeness (QED) is 0.563. The van der Waals surface area contributed by atoms with Crippen LogP contribution >= 0.6 is 0 Å². The molecule has 0 radical (unpaired) electrons. The van der Waals surface area contributed by atoms with E-state index in [1.54, 1.807) is 22.2 Å². The first-order valence-corrected chi connectivity index (χ1v) is 11.5. The summed E-state index contributed by atoms with van der Waals surface area (Å²) in [5.41, 5.74) is 0.826. The Bertz CT molecular complexity index is 1270. The largest absolute Gasteiger partial charge is 0.330 e. The number of pyridine rings is 1. The number of unbranched alkanes of at least 4 members (excludes halogenated alkanes) is 1. The van der Waals surface area contributed by atoms with Crippen LogP contribution in [0.15, 0.2) is 27.8 Å². The summed E-state index contributed by atoms with van der Waals surface area (Å²) in [4.78, 5) is 51.3. The SMILES string of the molecule is CCCCn1c(=O)[nH]c(=O)c2c1nc(CN1CCCC(C(=O)Nc3cccc(C)n3)C1)n2C. The number of likely N-dealkylation sites (tertiary alicyclic amines) is 1. The standard InChI is InChI=1S/C23H31N7O3/c1-4-5-12-30-20-19(22(32)27-23(30)33)28(3)18(26-20)14-29-11-7-9-16(13-29)21(31)25-17-10-6-8-15(2)24-17/h6,8,10,16H,4-5,7,9,11-14H2,1-3H3,(H,24,25,31)(H,27,32,33). The van der Waals surface area contributed by atoms with Crippen molar-refractivity contribution in [2.45, 2.75) is 52.6 Å². The van der Waals surface area contributed by atoms with Crippen molar-refractivity contribution >= 4 is 22.9 Å². The number of nitrogens with one attached hydrogen (secondary N) is 2. The van der Waals surface area contributed by atoms with Crippen LogP contribution in [0.5, 0.6) is 0 Å². The first-order valence-electron chi connectivity index (χ1n) is 11.5. The number of aromatic amines is 1. The van der Waals surface area contributed by atoms with Gasteiger partial charge in [-0.1, -0.05) is 19.4 Å². The van der Waals surface area contributed by atoms with Crippen LogP contribution in [0.3, 0.4) is 0 Å². The number of amides is 1. The third kappa shape index (κ3) is 4.90. The Morgan fingerprint density at radius 2 is 2.09 bits per heavy atom. The van der Waals surface area contributed by atoms with Crippen LogP contribution in [0.2, 0.25) is 0 Å². The van der Waals surface area contributed by atoms with Gasteiger partial charge in [0.2, 0.25) is 5.91 Å². The smallest absolute Gasteiger partial charge is 0.324 e. The molecule has 1 aliphatic heterocycles. The number of carbonyl (C=O) groups is 1. The van der Waals surface area contributed by atoms with Gasteiger partial charge in [-0.3, -0.25) is 24.0 Å². The molecule has 0 aliphatic carbocycles. The monoisotopic (exact) mass is 453 g/mol. The third-order valence-corrected chi connectivity index (χ3v) is 6.22. The Hall–Kier alpha value is -3.27. The van der Waals surface area contributed by atoms with E-state index in [1.807, 2.05) is 19.1 Å². The Labute approximate surface area is 191 Å². The van der Waals surface area contributed by atoms with Gasteiger partial charge in [-0.2, -0.15) is 0 Å². The number of hydrogen-bond acceptors (Lipinski definition) is 6. The second-order valence-electron chi connectivity index (χ2n) is 8.75. The number of aromatic nitrogens is 5. The molecule has 0 bridgehead atoms. The summed E-state index contributed by atoms with van der Waals surface area (Å²) in [6.45, 7) is 6.39. The molecular formula is C23H31N7O3. The number of carbonyl (C=O) groups excluding carboxylic acids is 1. The molecule has 0 saturated carbocycles.